The number of nitrogens with two attached hydrogens (primary N) is 1. The maximum Gasteiger partial charge on any atom is 0.229 e. The highest BCUT2D eigenvalue weighted by atomic mass is 16.2. The van der Waals surface area contributed by atoms with Crippen LogP contribution in [0.3, 0.4) is 0 Å². The smallest absolute Gasteiger partial charge is 0.229 e. The molecule has 1 amide bonds. The van der Waals surface area contributed by atoms with E-state index in [1.54, 1.807) is 0 Å². The van der Waals surface area contributed by atoms with Crippen molar-refractivity contribution in [2.45, 2.75) is 32.2 Å². The molecule has 0 saturated heterocycles. The van der Waals surface area contributed by atoms with E-state index in [0.29, 0.717) is 0 Å². The Morgan fingerprint density at radius 2 is 2.20 bits per heavy atom. The van der Waals surface area contributed by atoms with E-state index in [4.69, 9.17) is 5.73 Å². The van der Waals surface area contributed by atoms with Crippen molar-refractivity contribution in [2.24, 2.45) is 17.6 Å². The van der Waals surface area contributed by atoms with E-state index in [-0.39, 0.29) is 17.9 Å². The average Bonchev–Trinajstić information content (AvgIpc) is 2.95. The first kappa shape index (κ1) is 10.7. The Hall–Kier alpha value is -0.830. The van der Waals surface area contributed by atoms with E-state index in [2.05, 4.69) is 6.92 Å². The summed E-state index contributed by atoms with van der Waals surface area (Å²) in [5.74, 6) is 1.08. The van der Waals surface area contributed by atoms with E-state index in [0.717, 1.165) is 25.4 Å². The molecule has 0 radical (unpaired) electrons. The van der Waals surface area contributed by atoms with Crippen molar-refractivity contribution in [3.05, 3.63) is 12.2 Å². The van der Waals surface area contributed by atoms with Crippen molar-refractivity contribution in [1.82, 2.24) is 4.90 Å². The Balaban J connectivity index is 1.89. The zero-order valence-corrected chi connectivity index (χ0v) is 9.36. The summed E-state index contributed by atoms with van der Waals surface area (Å²) >= 11 is 0. The maximum absolute atomic E-state index is 12.1. The number of hydrogen-bond donors (Lipinski definition) is 1. The summed E-state index contributed by atoms with van der Waals surface area (Å²) in [7, 11) is 0. The SMILES string of the molecule is CCN(CC1CC1)C(=O)C1C=CC(N)C1. The van der Waals surface area contributed by atoms with Crippen LogP contribution in [-0.2, 0) is 4.79 Å². The summed E-state index contributed by atoms with van der Waals surface area (Å²) in [5, 5.41) is 0. The van der Waals surface area contributed by atoms with E-state index in [9.17, 15) is 4.79 Å². The zero-order valence-electron chi connectivity index (χ0n) is 9.36. The van der Waals surface area contributed by atoms with E-state index in [1.165, 1.54) is 12.8 Å². The molecule has 1 fully saturated rings. The van der Waals surface area contributed by atoms with Crippen LogP contribution in [0.5, 0.6) is 0 Å². The number of nitrogens with zero attached hydrogens (tertiary/aromatic N) is 1. The molecule has 2 aliphatic rings. The van der Waals surface area contributed by atoms with Crippen LogP contribution < -0.4 is 5.73 Å². The first-order valence-electron chi connectivity index (χ1n) is 5.93. The van der Waals surface area contributed by atoms with Crippen molar-refractivity contribution in [3.8, 4) is 0 Å². The Morgan fingerprint density at radius 3 is 2.67 bits per heavy atom. The predicted molar refractivity (Wildman–Crippen MR) is 60.2 cm³/mol. The quantitative estimate of drug-likeness (QED) is 0.704. The highest BCUT2D eigenvalue weighted by Gasteiger charge is 2.30. The lowest BCUT2D eigenvalue weighted by molar-refractivity contribution is -0.134. The van der Waals surface area contributed by atoms with Gasteiger partial charge in [0.05, 0.1) is 5.92 Å². The minimum Gasteiger partial charge on any atom is -0.342 e. The molecule has 0 bridgehead atoms. The van der Waals surface area contributed by atoms with Crippen LogP contribution >= 0.6 is 0 Å². The zero-order chi connectivity index (χ0) is 10.8. The van der Waals surface area contributed by atoms with Gasteiger partial charge in [-0.15, -0.1) is 0 Å². The summed E-state index contributed by atoms with van der Waals surface area (Å²) in [5.41, 5.74) is 5.76. The Kier molecular flexibility index (Phi) is 3.10. The molecule has 1 saturated carbocycles. The van der Waals surface area contributed by atoms with Crippen LogP contribution in [0.15, 0.2) is 12.2 Å². The second kappa shape index (κ2) is 4.35. The lowest BCUT2D eigenvalue weighted by Crippen LogP contribution is -2.37. The predicted octanol–water partition coefficient (Wildman–Crippen LogP) is 1.15. The third kappa shape index (κ3) is 2.59. The Labute approximate surface area is 91.3 Å². The maximum atomic E-state index is 12.1. The summed E-state index contributed by atoms with van der Waals surface area (Å²) in [4.78, 5) is 14.1. The van der Waals surface area contributed by atoms with E-state index in [1.807, 2.05) is 17.1 Å². The van der Waals surface area contributed by atoms with Gasteiger partial charge in [0.15, 0.2) is 0 Å². The van der Waals surface area contributed by atoms with Crippen LogP contribution in [-0.4, -0.2) is 29.9 Å². The van der Waals surface area contributed by atoms with Crippen molar-refractivity contribution in [3.63, 3.8) is 0 Å². The molecular weight excluding hydrogens is 188 g/mol. The number of hydrogen-bond acceptors (Lipinski definition) is 2. The molecule has 3 heteroatoms. The van der Waals surface area contributed by atoms with Gasteiger partial charge in [0.1, 0.15) is 0 Å². The molecule has 0 aliphatic heterocycles. The fraction of sp³-hybridized carbons (Fsp3) is 0.750. The molecule has 2 atom stereocenters. The molecule has 2 unspecified atom stereocenters. The van der Waals surface area contributed by atoms with Crippen molar-refractivity contribution >= 4 is 5.91 Å². The third-order valence-electron chi connectivity index (χ3n) is 3.30. The highest BCUT2D eigenvalue weighted by molar-refractivity contribution is 5.81. The molecule has 2 N–H and O–H groups in total. The average molecular weight is 208 g/mol. The van der Waals surface area contributed by atoms with Crippen molar-refractivity contribution in [1.29, 1.82) is 0 Å². The van der Waals surface area contributed by atoms with Gasteiger partial charge in [-0.3, -0.25) is 4.79 Å². The molecule has 0 aromatic rings. The monoisotopic (exact) mass is 208 g/mol. The fourth-order valence-corrected chi connectivity index (χ4v) is 2.13. The third-order valence-corrected chi connectivity index (χ3v) is 3.30. The first-order valence-corrected chi connectivity index (χ1v) is 5.93. The van der Waals surface area contributed by atoms with E-state index < -0.39 is 0 Å². The first-order chi connectivity index (χ1) is 7.20. The lowest BCUT2D eigenvalue weighted by atomic mass is 10.1. The van der Waals surface area contributed by atoms with Gasteiger partial charge in [-0.2, -0.15) is 0 Å². The number of rotatable bonds is 4. The van der Waals surface area contributed by atoms with Crippen LogP contribution in [0.4, 0.5) is 0 Å². The second-order valence-corrected chi connectivity index (χ2v) is 4.71. The van der Waals surface area contributed by atoms with Crippen LogP contribution in [0.2, 0.25) is 0 Å². The molecular formula is C12H20N2O. The summed E-state index contributed by atoms with van der Waals surface area (Å²) < 4.78 is 0. The molecule has 0 aromatic carbocycles. The molecule has 3 nitrogen and oxygen atoms in total. The van der Waals surface area contributed by atoms with Gasteiger partial charge in [0.25, 0.3) is 0 Å². The van der Waals surface area contributed by atoms with Gasteiger partial charge < -0.3 is 10.6 Å². The van der Waals surface area contributed by atoms with Gasteiger partial charge in [-0.05, 0) is 32.1 Å². The summed E-state index contributed by atoms with van der Waals surface area (Å²) in [6.45, 7) is 3.84. The largest absolute Gasteiger partial charge is 0.342 e. The minimum absolute atomic E-state index is 0.0405. The number of carbonyl (C=O) groups is 1. The van der Waals surface area contributed by atoms with E-state index >= 15 is 0 Å². The highest BCUT2D eigenvalue weighted by Crippen LogP contribution is 2.30. The summed E-state index contributed by atoms with van der Waals surface area (Å²) in [6, 6.07) is 0.0820. The minimum atomic E-state index is 0.0405. The second-order valence-electron chi connectivity index (χ2n) is 4.71. The molecule has 0 heterocycles. The number of carbonyl (C=O) groups excluding carboxylic acids is 1. The van der Waals surface area contributed by atoms with Gasteiger partial charge in [-0.1, -0.05) is 12.2 Å². The molecule has 2 aliphatic carbocycles. The lowest BCUT2D eigenvalue weighted by Gasteiger charge is -2.23. The standard InChI is InChI=1S/C12H20N2O/c1-2-14(8-9-3-4-9)12(15)10-5-6-11(13)7-10/h5-6,9-11H,2-4,7-8,13H2,1H3. The van der Waals surface area contributed by atoms with Crippen molar-refractivity contribution < 1.29 is 4.79 Å². The van der Waals surface area contributed by atoms with Crippen LogP contribution in [0.1, 0.15) is 26.2 Å². The van der Waals surface area contributed by atoms with Gasteiger partial charge in [0.2, 0.25) is 5.91 Å². The molecule has 0 spiro atoms. The van der Waals surface area contributed by atoms with Gasteiger partial charge in [0, 0.05) is 19.1 Å². The van der Waals surface area contributed by atoms with Crippen LogP contribution in [0, 0.1) is 11.8 Å². The molecule has 2 rings (SSSR count). The van der Waals surface area contributed by atoms with Gasteiger partial charge >= 0.3 is 0 Å². The fourth-order valence-electron chi connectivity index (χ4n) is 2.13. The normalized spacial score (nSPS) is 29.5. The van der Waals surface area contributed by atoms with Crippen molar-refractivity contribution in [2.75, 3.05) is 13.1 Å². The number of amides is 1. The Morgan fingerprint density at radius 1 is 1.47 bits per heavy atom. The summed E-state index contributed by atoms with van der Waals surface area (Å²) in [6.07, 6.45) is 7.31. The molecule has 0 aromatic heterocycles. The molecule has 84 valence electrons. The molecule has 15 heavy (non-hydrogen) atoms. The van der Waals surface area contributed by atoms with Gasteiger partial charge in [-0.25, -0.2) is 0 Å². The topological polar surface area (TPSA) is 46.3 Å². The Bertz CT molecular complexity index is 271. The van der Waals surface area contributed by atoms with Crippen LogP contribution in [0.25, 0.3) is 0 Å².